The molecule has 0 radical (unpaired) electrons. The minimum atomic E-state index is -0.530. The number of rotatable bonds is 6. The van der Waals surface area contributed by atoms with Crippen molar-refractivity contribution < 1.29 is 0 Å². The topological polar surface area (TPSA) is 3.24 Å². The maximum absolute atomic E-state index is 2.58. The van der Waals surface area contributed by atoms with Crippen LogP contribution in [-0.2, 0) is 10.8 Å². The summed E-state index contributed by atoms with van der Waals surface area (Å²) in [5, 5.41) is 0.307. The minimum absolute atomic E-state index is 0.209. The molecule has 10 aromatic rings. The van der Waals surface area contributed by atoms with Crippen molar-refractivity contribution in [3.8, 4) is 33.4 Å². The van der Waals surface area contributed by atoms with E-state index in [1.165, 1.54) is 105 Å². The lowest BCUT2D eigenvalue weighted by molar-refractivity contribution is 0.768. The predicted molar refractivity (Wildman–Crippen MR) is 291 cm³/mol. The highest BCUT2D eigenvalue weighted by Gasteiger charge is 2.53. The molecule has 5 aliphatic rings. The van der Waals surface area contributed by atoms with Crippen molar-refractivity contribution in [2.45, 2.75) is 26.9 Å². The molecule has 1 aliphatic heterocycles. The van der Waals surface area contributed by atoms with Gasteiger partial charge in [-0.3, -0.25) is 0 Å². The SMILES string of the molecule is C1=CC(c2cccc(N(c3ccc(C4(c5ccccc5)c5ccccc5-c5ccccc54)cc3)c3cccc4c3C3(c5ccccc5-c5ccccc53)c3ccccc3-4)c2)C2Sc3ccccc3C2=C1. The van der Waals surface area contributed by atoms with Gasteiger partial charge >= 0.3 is 0 Å². The molecule has 0 bridgehead atoms. The first-order chi connectivity index (χ1) is 34.7. The van der Waals surface area contributed by atoms with E-state index in [9.17, 15) is 0 Å². The van der Waals surface area contributed by atoms with Gasteiger partial charge in [-0.05, 0) is 125 Å². The molecule has 2 atom stereocenters. The lowest BCUT2D eigenvalue weighted by Crippen LogP contribution is -2.29. The van der Waals surface area contributed by atoms with E-state index in [1.54, 1.807) is 0 Å². The van der Waals surface area contributed by atoms with Crippen LogP contribution >= 0.6 is 11.8 Å². The number of hydrogen-bond acceptors (Lipinski definition) is 2. The summed E-state index contributed by atoms with van der Waals surface area (Å²) in [4.78, 5) is 3.95. The van der Waals surface area contributed by atoms with Crippen LogP contribution in [0.4, 0.5) is 17.1 Å². The Balaban J connectivity index is 0.971. The first kappa shape index (κ1) is 39.8. The van der Waals surface area contributed by atoms with Crippen molar-refractivity contribution in [1.82, 2.24) is 0 Å². The molecule has 1 heterocycles. The van der Waals surface area contributed by atoms with Gasteiger partial charge in [0, 0.05) is 33.0 Å². The van der Waals surface area contributed by atoms with Gasteiger partial charge in [0.1, 0.15) is 0 Å². The fourth-order valence-electron chi connectivity index (χ4n) is 13.5. The lowest BCUT2D eigenvalue weighted by atomic mass is 9.67. The van der Waals surface area contributed by atoms with Crippen molar-refractivity contribution in [2.75, 3.05) is 4.90 Å². The molecule has 0 amide bonds. The molecule has 0 N–H and O–H groups in total. The van der Waals surface area contributed by atoms with Crippen LogP contribution in [0.5, 0.6) is 0 Å². The second-order valence-corrected chi connectivity index (χ2v) is 20.5. The summed E-state index contributed by atoms with van der Waals surface area (Å²) in [7, 11) is 0. The fourth-order valence-corrected chi connectivity index (χ4v) is 14.9. The average molecular weight is 908 g/mol. The van der Waals surface area contributed by atoms with Gasteiger partial charge in [0.2, 0.25) is 0 Å². The average Bonchev–Trinajstić information content (AvgIpc) is 4.15. The van der Waals surface area contributed by atoms with E-state index in [-0.39, 0.29) is 5.92 Å². The minimum Gasteiger partial charge on any atom is -0.310 e. The zero-order valence-electron chi connectivity index (χ0n) is 38.3. The predicted octanol–water partition coefficient (Wildman–Crippen LogP) is 17.1. The molecule has 70 heavy (non-hydrogen) atoms. The Kier molecular flexibility index (Phi) is 8.62. The summed E-state index contributed by atoms with van der Waals surface area (Å²) in [6.07, 6.45) is 7.04. The zero-order chi connectivity index (χ0) is 46.0. The highest BCUT2D eigenvalue weighted by Crippen LogP contribution is 2.66. The van der Waals surface area contributed by atoms with Gasteiger partial charge in [-0.2, -0.15) is 0 Å². The number of benzene rings is 10. The maximum Gasteiger partial charge on any atom is 0.0746 e. The van der Waals surface area contributed by atoms with E-state index < -0.39 is 10.8 Å². The van der Waals surface area contributed by atoms with Crippen LogP contribution in [0.25, 0.3) is 39.0 Å². The molecule has 1 spiro atoms. The van der Waals surface area contributed by atoms with Crippen LogP contribution in [-0.4, -0.2) is 5.25 Å². The van der Waals surface area contributed by atoms with Crippen LogP contribution in [0.3, 0.4) is 0 Å². The molecule has 15 rings (SSSR count). The van der Waals surface area contributed by atoms with Crippen LogP contribution in [0, 0.1) is 0 Å². The summed E-state index contributed by atoms with van der Waals surface area (Å²) >= 11 is 2.01. The van der Waals surface area contributed by atoms with Crippen LogP contribution in [0.15, 0.2) is 266 Å². The number of fused-ring (bicyclic) bond motifs is 16. The Morgan fingerprint density at radius 3 is 1.47 bits per heavy atom. The van der Waals surface area contributed by atoms with Crippen molar-refractivity contribution in [3.63, 3.8) is 0 Å². The number of nitrogens with zero attached hydrogens (tertiary/aromatic N) is 1. The van der Waals surface area contributed by atoms with Crippen molar-refractivity contribution in [3.05, 3.63) is 317 Å². The first-order valence-electron chi connectivity index (χ1n) is 24.6. The number of anilines is 3. The Hall–Kier alpha value is -8.17. The third kappa shape index (κ3) is 5.29. The monoisotopic (exact) mass is 907 g/mol. The van der Waals surface area contributed by atoms with Gasteiger partial charge in [-0.15, -0.1) is 11.8 Å². The highest BCUT2D eigenvalue weighted by molar-refractivity contribution is 8.01. The molecule has 328 valence electrons. The molecular formula is C68H45NS. The second-order valence-electron chi connectivity index (χ2n) is 19.3. The van der Waals surface area contributed by atoms with E-state index in [0.717, 1.165) is 11.4 Å². The molecule has 0 aromatic heterocycles. The first-order valence-corrected chi connectivity index (χ1v) is 25.5. The molecule has 0 saturated heterocycles. The Labute approximate surface area is 413 Å². The number of thioether (sulfide) groups is 1. The molecule has 2 unspecified atom stereocenters. The summed E-state index contributed by atoms with van der Waals surface area (Å²) < 4.78 is 0. The van der Waals surface area contributed by atoms with E-state index in [0.29, 0.717) is 5.25 Å². The quantitative estimate of drug-likeness (QED) is 0.164. The third-order valence-electron chi connectivity index (χ3n) is 16.1. The van der Waals surface area contributed by atoms with Gasteiger partial charge in [0.25, 0.3) is 0 Å². The van der Waals surface area contributed by atoms with Crippen LogP contribution in [0.2, 0.25) is 0 Å². The van der Waals surface area contributed by atoms with E-state index in [4.69, 9.17) is 0 Å². The van der Waals surface area contributed by atoms with Crippen LogP contribution in [0.1, 0.15) is 61.6 Å². The lowest BCUT2D eigenvalue weighted by Gasteiger charge is -2.37. The molecule has 4 aliphatic carbocycles. The summed E-state index contributed by atoms with van der Waals surface area (Å²) in [6.45, 7) is 0. The van der Waals surface area contributed by atoms with Crippen LogP contribution < -0.4 is 4.90 Å². The zero-order valence-corrected chi connectivity index (χ0v) is 39.2. The van der Waals surface area contributed by atoms with E-state index in [1.807, 2.05) is 11.8 Å². The van der Waals surface area contributed by atoms with Gasteiger partial charge in [-0.1, -0.05) is 224 Å². The smallest absolute Gasteiger partial charge is 0.0746 e. The van der Waals surface area contributed by atoms with Gasteiger partial charge in [0.15, 0.2) is 0 Å². The molecule has 0 saturated carbocycles. The summed E-state index contributed by atoms with van der Waals surface area (Å²) in [5.41, 5.74) is 24.8. The standard InChI is InChI=1S/C68H45NS/c1-2-20-45(21-3-1)67(58-32-10-4-23-50(58)51-24-5-11-33-59(51)67)46-39-41-47(42-40-46)69(48-22-16-19-44(43-48)49-29-17-31-57-55-28-9-15-38-64(55)70-66(49)57)63-37-18-30-56-54-27-8-14-36-62(54)68(65(56)63)60-34-12-6-25-52(60)53-26-7-13-35-61(53)68/h1-43,49,66H. The molecule has 0 fully saturated rings. The molecule has 10 aromatic carbocycles. The van der Waals surface area contributed by atoms with Crippen molar-refractivity contribution in [1.29, 1.82) is 0 Å². The highest BCUT2D eigenvalue weighted by atomic mass is 32.2. The number of hydrogen-bond donors (Lipinski definition) is 0. The summed E-state index contributed by atoms with van der Waals surface area (Å²) in [5.74, 6) is 0.209. The third-order valence-corrected chi connectivity index (χ3v) is 17.6. The number of allylic oxidation sites excluding steroid dienone is 3. The normalized spacial score (nSPS) is 17.3. The Bertz CT molecular complexity index is 3730. The van der Waals surface area contributed by atoms with Crippen molar-refractivity contribution in [2.24, 2.45) is 0 Å². The van der Waals surface area contributed by atoms with Gasteiger partial charge in [0.05, 0.1) is 16.5 Å². The van der Waals surface area contributed by atoms with Crippen molar-refractivity contribution >= 4 is 34.4 Å². The Morgan fingerprint density at radius 1 is 0.371 bits per heavy atom. The maximum atomic E-state index is 2.58. The van der Waals surface area contributed by atoms with E-state index in [2.05, 4.69) is 266 Å². The Morgan fingerprint density at radius 2 is 0.857 bits per heavy atom. The van der Waals surface area contributed by atoms with Gasteiger partial charge < -0.3 is 4.90 Å². The largest absolute Gasteiger partial charge is 0.310 e. The summed E-state index contributed by atoms with van der Waals surface area (Å²) in [6, 6.07) is 91.7. The van der Waals surface area contributed by atoms with Gasteiger partial charge in [-0.25, -0.2) is 0 Å². The van der Waals surface area contributed by atoms with E-state index >= 15 is 0 Å². The molecule has 1 nitrogen and oxygen atoms in total. The molecule has 2 heteroatoms. The second kappa shape index (κ2) is 15.2. The molecular weight excluding hydrogens is 863 g/mol. The fraction of sp³-hybridized carbons (Fsp3) is 0.0588.